The Kier molecular flexibility index (Phi) is 6.84. The molecule has 1 aromatic rings. The fourth-order valence-corrected chi connectivity index (χ4v) is 4.14. The van der Waals surface area contributed by atoms with Crippen molar-refractivity contribution in [1.82, 2.24) is 15.1 Å². The van der Waals surface area contributed by atoms with Crippen molar-refractivity contribution in [3.8, 4) is 0 Å². The van der Waals surface area contributed by atoms with Crippen LogP contribution in [0.25, 0.3) is 0 Å². The summed E-state index contributed by atoms with van der Waals surface area (Å²) in [6.07, 6.45) is 3.23. The number of morpholine rings is 1. The van der Waals surface area contributed by atoms with Crippen LogP contribution in [-0.4, -0.2) is 73.6 Å². The summed E-state index contributed by atoms with van der Waals surface area (Å²) in [5.41, 5.74) is 1.04. The molecule has 1 atom stereocenters. The number of carbonyl (C=O) groups is 2. The minimum atomic E-state index is -0.160. The predicted octanol–water partition coefficient (Wildman–Crippen LogP) is 1.12. The van der Waals surface area contributed by atoms with Gasteiger partial charge in [-0.15, -0.1) is 0 Å². The van der Waals surface area contributed by atoms with Crippen LogP contribution in [0, 0.1) is 0 Å². The highest BCUT2D eigenvalue weighted by Crippen LogP contribution is 2.15. The Morgan fingerprint density at radius 2 is 2.12 bits per heavy atom. The molecule has 3 heterocycles. The van der Waals surface area contributed by atoms with E-state index in [0.29, 0.717) is 39.1 Å². The summed E-state index contributed by atoms with van der Waals surface area (Å²) < 4.78 is 5.50. The van der Waals surface area contributed by atoms with E-state index in [2.05, 4.69) is 10.2 Å². The number of likely N-dealkylation sites (tertiary alicyclic amines) is 1. The number of hydrogen-bond donors (Lipinski definition) is 1. The highest BCUT2D eigenvalue weighted by atomic mass is 32.1. The lowest BCUT2D eigenvalue weighted by Crippen LogP contribution is -2.51. The third-order valence-corrected chi connectivity index (χ3v) is 5.59. The number of amides is 2. The summed E-state index contributed by atoms with van der Waals surface area (Å²) in [6, 6.07) is 1.81. The number of thiophene rings is 1. The van der Waals surface area contributed by atoms with Gasteiger partial charge in [-0.25, -0.2) is 0 Å². The first kappa shape index (κ1) is 18.4. The lowest BCUT2D eigenvalue weighted by atomic mass is 10.1. The van der Waals surface area contributed by atoms with Gasteiger partial charge in [0, 0.05) is 26.1 Å². The number of rotatable bonds is 7. The van der Waals surface area contributed by atoms with Gasteiger partial charge in [0.05, 0.1) is 25.7 Å². The molecular formula is C18H27N3O3S. The van der Waals surface area contributed by atoms with Crippen LogP contribution in [0.4, 0.5) is 0 Å². The molecule has 6 nitrogen and oxygen atoms in total. The van der Waals surface area contributed by atoms with Crippen LogP contribution in [0.3, 0.4) is 0 Å². The number of carbonyl (C=O) groups excluding carboxylic acids is 2. The van der Waals surface area contributed by atoms with Gasteiger partial charge < -0.3 is 19.9 Å². The molecule has 0 aromatic carbocycles. The second-order valence-electron chi connectivity index (χ2n) is 6.73. The molecule has 1 unspecified atom stereocenters. The van der Waals surface area contributed by atoms with Crippen molar-refractivity contribution in [2.45, 2.75) is 31.7 Å². The molecule has 3 rings (SSSR count). The quantitative estimate of drug-likeness (QED) is 0.787. The summed E-state index contributed by atoms with van der Waals surface area (Å²) in [5, 5.41) is 6.97. The molecule has 0 saturated carbocycles. The Bertz CT molecular complexity index is 558. The highest BCUT2D eigenvalue weighted by Gasteiger charge is 2.29. The van der Waals surface area contributed by atoms with Crippen LogP contribution < -0.4 is 5.32 Å². The predicted molar refractivity (Wildman–Crippen MR) is 97.6 cm³/mol. The van der Waals surface area contributed by atoms with E-state index in [4.69, 9.17) is 4.74 Å². The van der Waals surface area contributed by atoms with Gasteiger partial charge in [0.2, 0.25) is 11.8 Å². The van der Waals surface area contributed by atoms with E-state index in [-0.39, 0.29) is 17.9 Å². The Morgan fingerprint density at radius 3 is 2.88 bits per heavy atom. The molecule has 2 fully saturated rings. The van der Waals surface area contributed by atoms with Gasteiger partial charge in [-0.05, 0) is 48.3 Å². The topological polar surface area (TPSA) is 61.9 Å². The van der Waals surface area contributed by atoms with Gasteiger partial charge in [0.1, 0.15) is 0 Å². The molecule has 2 aliphatic rings. The van der Waals surface area contributed by atoms with Crippen LogP contribution >= 0.6 is 11.3 Å². The zero-order chi connectivity index (χ0) is 17.5. The summed E-state index contributed by atoms with van der Waals surface area (Å²) in [7, 11) is 0. The first-order valence-corrected chi connectivity index (χ1v) is 10.0. The van der Waals surface area contributed by atoms with Crippen molar-refractivity contribution in [3.05, 3.63) is 22.4 Å². The van der Waals surface area contributed by atoms with Crippen LogP contribution in [-0.2, 0) is 20.7 Å². The van der Waals surface area contributed by atoms with Crippen LogP contribution in [0.5, 0.6) is 0 Å². The zero-order valence-corrected chi connectivity index (χ0v) is 15.4. The second-order valence-corrected chi connectivity index (χ2v) is 7.51. The maximum absolute atomic E-state index is 12.6. The van der Waals surface area contributed by atoms with Crippen LogP contribution in [0.2, 0.25) is 0 Å². The molecule has 2 saturated heterocycles. The number of hydrogen-bond acceptors (Lipinski definition) is 5. The SMILES string of the molecule is O=C(CC1COCCN1C(=O)Cc1ccsc1)NCCN1CCCC1. The normalized spacial score (nSPS) is 21.4. The van der Waals surface area contributed by atoms with Gasteiger partial charge in [0.25, 0.3) is 0 Å². The van der Waals surface area contributed by atoms with Gasteiger partial charge in [-0.1, -0.05) is 0 Å². The van der Waals surface area contributed by atoms with E-state index in [0.717, 1.165) is 25.2 Å². The minimum absolute atomic E-state index is 0.00281. The molecule has 0 spiro atoms. The first-order valence-electron chi connectivity index (χ1n) is 9.10. The number of nitrogens with zero attached hydrogens (tertiary/aromatic N) is 2. The van der Waals surface area contributed by atoms with Gasteiger partial charge in [-0.3, -0.25) is 9.59 Å². The minimum Gasteiger partial charge on any atom is -0.377 e. The fraction of sp³-hybridized carbons (Fsp3) is 0.667. The monoisotopic (exact) mass is 365 g/mol. The third kappa shape index (κ3) is 5.52. The van der Waals surface area contributed by atoms with Crippen molar-refractivity contribution in [3.63, 3.8) is 0 Å². The Morgan fingerprint density at radius 1 is 1.28 bits per heavy atom. The zero-order valence-electron chi connectivity index (χ0n) is 14.6. The van der Waals surface area contributed by atoms with Gasteiger partial charge in [0.15, 0.2) is 0 Å². The van der Waals surface area contributed by atoms with Crippen molar-refractivity contribution < 1.29 is 14.3 Å². The summed E-state index contributed by atoms with van der Waals surface area (Å²) in [6.45, 7) is 5.41. The van der Waals surface area contributed by atoms with Crippen LogP contribution in [0.15, 0.2) is 16.8 Å². The highest BCUT2D eigenvalue weighted by molar-refractivity contribution is 7.08. The maximum Gasteiger partial charge on any atom is 0.227 e. The van der Waals surface area contributed by atoms with Crippen molar-refractivity contribution in [1.29, 1.82) is 0 Å². The summed E-state index contributed by atoms with van der Waals surface area (Å²) in [5.74, 6) is 0.0830. The molecular weight excluding hydrogens is 338 g/mol. The molecule has 7 heteroatoms. The summed E-state index contributed by atoms with van der Waals surface area (Å²) in [4.78, 5) is 29.0. The Balaban J connectivity index is 1.44. The molecule has 2 aliphatic heterocycles. The summed E-state index contributed by atoms with van der Waals surface area (Å²) >= 11 is 1.60. The molecule has 1 aromatic heterocycles. The largest absolute Gasteiger partial charge is 0.377 e. The average molecular weight is 365 g/mol. The molecule has 0 bridgehead atoms. The van der Waals surface area contributed by atoms with E-state index < -0.39 is 0 Å². The van der Waals surface area contributed by atoms with Crippen molar-refractivity contribution in [2.75, 3.05) is 45.9 Å². The standard InChI is InChI=1S/C18H27N3O3S/c22-17(19-4-7-20-5-1-2-6-20)12-16-13-24-9-8-21(16)18(23)11-15-3-10-25-14-15/h3,10,14,16H,1-2,4-9,11-13H2,(H,19,22). The fourth-order valence-electron chi connectivity index (χ4n) is 3.47. The smallest absolute Gasteiger partial charge is 0.227 e. The number of ether oxygens (including phenoxy) is 1. The van der Waals surface area contributed by atoms with Gasteiger partial charge in [-0.2, -0.15) is 11.3 Å². The average Bonchev–Trinajstić information content (AvgIpc) is 3.29. The first-order chi connectivity index (χ1) is 12.2. The lowest BCUT2D eigenvalue weighted by Gasteiger charge is -2.35. The number of nitrogens with one attached hydrogen (secondary N) is 1. The molecule has 138 valence electrons. The van der Waals surface area contributed by atoms with Crippen molar-refractivity contribution >= 4 is 23.2 Å². The molecule has 2 amide bonds. The third-order valence-electron chi connectivity index (χ3n) is 4.85. The van der Waals surface area contributed by atoms with E-state index in [1.807, 2.05) is 21.7 Å². The lowest BCUT2D eigenvalue weighted by molar-refractivity contribution is -0.141. The second kappa shape index (κ2) is 9.31. The molecule has 1 N–H and O–H groups in total. The van der Waals surface area contributed by atoms with E-state index in [1.54, 1.807) is 11.3 Å². The molecule has 0 radical (unpaired) electrons. The van der Waals surface area contributed by atoms with Gasteiger partial charge >= 0.3 is 0 Å². The maximum atomic E-state index is 12.6. The van der Waals surface area contributed by atoms with Crippen LogP contribution in [0.1, 0.15) is 24.8 Å². The van der Waals surface area contributed by atoms with E-state index in [1.165, 1.54) is 12.8 Å². The Hall–Kier alpha value is -1.44. The Labute approximate surface area is 153 Å². The van der Waals surface area contributed by atoms with E-state index >= 15 is 0 Å². The molecule has 25 heavy (non-hydrogen) atoms. The van der Waals surface area contributed by atoms with Crippen molar-refractivity contribution in [2.24, 2.45) is 0 Å². The van der Waals surface area contributed by atoms with E-state index in [9.17, 15) is 9.59 Å². The molecule has 0 aliphatic carbocycles.